The van der Waals surface area contributed by atoms with Crippen molar-refractivity contribution in [2.24, 2.45) is 0 Å². The van der Waals surface area contributed by atoms with Crippen LogP contribution in [0.4, 0.5) is 18.9 Å². The molecule has 0 spiro atoms. The van der Waals surface area contributed by atoms with Crippen molar-refractivity contribution in [3.8, 4) is 17.0 Å². The minimum absolute atomic E-state index is 0.0271. The molecule has 198 valence electrons. The third-order valence-electron chi connectivity index (χ3n) is 6.81. The molecular weight excluding hydrogens is 495 g/mol. The van der Waals surface area contributed by atoms with Crippen LogP contribution in [0.25, 0.3) is 16.9 Å². The smallest absolute Gasteiger partial charge is 0.433 e. The Bertz CT molecular complexity index is 1490. The van der Waals surface area contributed by atoms with Gasteiger partial charge in [0.25, 0.3) is 5.91 Å². The Morgan fingerprint density at radius 1 is 0.974 bits per heavy atom. The van der Waals surface area contributed by atoms with Crippen LogP contribution in [0, 0.1) is 13.8 Å². The van der Waals surface area contributed by atoms with E-state index in [2.05, 4.69) is 15.0 Å². The lowest BCUT2D eigenvalue weighted by Gasteiger charge is -2.36. The normalized spacial score (nSPS) is 14.3. The number of para-hydroxylation sites is 2. The van der Waals surface area contributed by atoms with Crippen LogP contribution >= 0.6 is 0 Å². The van der Waals surface area contributed by atoms with Gasteiger partial charge in [-0.25, -0.2) is 9.50 Å². The number of hydrogen-bond donors (Lipinski definition) is 0. The summed E-state index contributed by atoms with van der Waals surface area (Å²) in [6.45, 7) is 8.23. The fourth-order valence-corrected chi connectivity index (χ4v) is 4.64. The highest BCUT2D eigenvalue weighted by Gasteiger charge is 2.36. The van der Waals surface area contributed by atoms with Crippen LogP contribution in [0.5, 0.6) is 5.75 Å². The Kier molecular flexibility index (Phi) is 6.73. The SMILES string of the molecule is CCOc1ccccc1N1CCN(C(=O)c2cc3nc(-c4ccc(C)c(C)c4)cc(C(F)(F)F)n3n2)CC1. The molecule has 0 bridgehead atoms. The number of aromatic nitrogens is 3. The third-order valence-corrected chi connectivity index (χ3v) is 6.81. The van der Waals surface area contributed by atoms with Gasteiger partial charge in [-0.2, -0.15) is 18.3 Å². The van der Waals surface area contributed by atoms with Gasteiger partial charge in [0, 0.05) is 37.8 Å². The quantitative estimate of drug-likeness (QED) is 0.351. The molecule has 0 saturated carbocycles. The lowest BCUT2D eigenvalue weighted by Crippen LogP contribution is -2.49. The first-order valence-electron chi connectivity index (χ1n) is 12.5. The Morgan fingerprint density at radius 2 is 1.71 bits per heavy atom. The lowest BCUT2D eigenvalue weighted by molar-refractivity contribution is -0.142. The van der Waals surface area contributed by atoms with Crippen LogP contribution in [-0.4, -0.2) is 58.2 Å². The maximum atomic E-state index is 14.0. The summed E-state index contributed by atoms with van der Waals surface area (Å²) in [5, 5.41) is 4.05. The number of benzene rings is 2. The molecule has 0 radical (unpaired) electrons. The lowest BCUT2D eigenvalue weighted by atomic mass is 10.0. The number of amides is 1. The molecule has 1 saturated heterocycles. The van der Waals surface area contributed by atoms with Crippen molar-refractivity contribution in [3.05, 3.63) is 77.1 Å². The van der Waals surface area contributed by atoms with E-state index in [1.54, 1.807) is 17.0 Å². The van der Waals surface area contributed by atoms with Crippen molar-refractivity contribution in [2.75, 3.05) is 37.7 Å². The number of anilines is 1. The van der Waals surface area contributed by atoms with Gasteiger partial charge in [-0.05, 0) is 56.2 Å². The molecule has 1 fully saturated rings. The summed E-state index contributed by atoms with van der Waals surface area (Å²) in [4.78, 5) is 21.4. The molecule has 1 aliphatic rings. The molecule has 0 atom stereocenters. The number of fused-ring (bicyclic) bond motifs is 1. The van der Waals surface area contributed by atoms with E-state index >= 15 is 0 Å². The van der Waals surface area contributed by atoms with Crippen LogP contribution in [0.1, 0.15) is 34.2 Å². The van der Waals surface area contributed by atoms with Crippen LogP contribution < -0.4 is 9.64 Å². The topological polar surface area (TPSA) is 63.0 Å². The van der Waals surface area contributed by atoms with Crippen LogP contribution in [0.15, 0.2) is 54.6 Å². The molecular formula is C28H28F3N5O2. The fourth-order valence-electron chi connectivity index (χ4n) is 4.64. The number of nitrogens with zero attached hydrogens (tertiary/aromatic N) is 5. The summed E-state index contributed by atoms with van der Waals surface area (Å²) in [5.74, 6) is 0.356. The van der Waals surface area contributed by atoms with E-state index in [0.717, 1.165) is 28.6 Å². The average Bonchev–Trinajstić information content (AvgIpc) is 3.33. The molecule has 3 heterocycles. The van der Waals surface area contributed by atoms with Gasteiger partial charge in [-0.1, -0.05) is 24.3 Å². The molecule has 2 aromatic heterocycles. The van der Waals surface area contributed by atoms with Crippen molar-refractivity contribution >= 4 is 17.2 Å². The van der Waals surface area contributed by atoms with Crippen molar-refractivity contribution < 1.29 is 22.7 Å². The highest BCUT2D eigenvalue weighted by Crippen LogP contribution is 2.33. The number of carbonyl (C=O) groups excluding carboxylic acids is 1. The number of piperazine rings is 1. The molecule has 0 aliphatic carbocycles. The standard InChI is InChI=1S/C28H28F3N5O2/c1-4-38-24-8-6-5-7-23(24)34-11-13-35(14-12-34)27(37)22-17-26-32-21(20-10-9-18(2)19(3)15-20)16-25(28(29,30)31)36(26)33-22/h5-10,15-17H,4,11-14H2,1-3H3. The highest BCUT2D eigenvalue weighted by molar-refractivity contribution is 5.93. The zero-order valence-corrected chi connectivity index (χ0v) is 21.4. The monoisotopic (exact) mass is 523 g/mol. The van der Waals surface area contributed by atoms with E-state index < -0.39 is 17.8 Å². The zero-order chi connectivity index (χ0) is 27.0. The number of ether oxygens (including phenoxy) is 1. The first-order valence-corrected chi connectivity index (χ1v) is 12.5. The first kappa shape index (κ1) is 25.6. The molecule has 0 unspecified atom stereocenters. The molecule has 38 heavy (non-hydrogen) atoms. The summed E-state index contributed by atoms with van der Waals surface area (Å²) < 4.78 is 48.5. The number of rotatable bonds is 5. The second kappa shape index (κ2) is 10.00. The largest absolute Gasteiger partial charge is 0.492 e. The van der Waals surface area contributed by atoms with E-state index in [4.69, 9.17) is 4.74 Å². The minimum atomic E-state index is -4.68. The molecule has 7 nitrogen and oxygen atoms in total. The van der Waals surface area contributed by atoms with E-state index in [1.165, 1.54) is 6.07 Å². The number of carbonyl (C=O) groups is 1. The van der Waals surface area contributed by atoms with Gasteiger partial charge in [0.2, 0.25) is 0 Å². The van der Waals surface area contributed by atoms with E-state index in [0.29, 0.717) is 42.9 Å². The fraction of sp³-hybridized carbons (Fsp3) is 0.321. The maximum absolute atomic E-state index is 14.0. The first-order chi connectivity index (χ1) is 18.2. The van der Waals surface area contributed by atoms with E-state index in [-0.39, 0.29) is 17.0 Å². The Hall–Kier alpha value is -4.08. The van der Waals surface area contributed by atoms with Gasteiger partial charge in [-0.3, -0.25) is 4.79 Å². The van der Waals surface area contributed by atoms with Crippen molar-refractivity contribution in [2.45, 2.75) is 26.9 Å². The Morgan fingerprint density at radius 3 is 2.39 bits per heavy atom. The molecule has 0 N–H and O–H groups in total. The van der Waals surface area contributed by atoms with Crippen LogP contribution in [0.2, 0.25) is 0 Å². The minimum Gasteiger partial charge on any atom is -0.492 e. The maximum Gasteiger partial charge on any atom is 0.433 e. The number of halogens is 3. The van der Waals surface area contributed by atoms with E-state index in [9.17, 15) is 18.0 Å². The zero-order valence-electron chi connectivity index (χ0n) is 21.4. The average molecular weight is 524 g/mol. The summed E-state index contributed by atoms with van der Waals surface area (Å²) in [6.07, 6.45) is -4.68. The van der Waals surface area contributed by atoms with Gasteiger partial charge >= 0.3 is 6.18 Å². The molecule has 4 aromatic rings. The molecule has 1 aliphatic heterocycles. The number of alkyl halides is 3. The summed E-state index contributed by atoms with van der Waals surface area (Å²) >= 11 is 0. The van der Waals surface area contributed by atoms with Crippen LogP contribution in [0.3, 0.4) is 0 Å². The molecule has 2 aromatic carbocycles. The summed E-state index contributed by atoms with van der Waals surface area (Å²) in [7, 11) is 0. The number of hydrogen-bond acceptors (Lipinski definition) is 5. The molecule has 5 rings (SSSR count). The number of aryl methyl sites for hydroxylation is 2. The van der Waals surface area contributed by atoms with Gasteiger partial charge in [0.1, 0.15) is 5.75 Å². The van der Waals surface area contributed by atoms with E-state index in [1.807, 2.05) is 51.1 Å². The van der Waals surface area contributed by atoms with Crippen molar-refractivity contribution in [3.63, 3.8) is 0 Å². The van der Waals surface area contributed by atoms with Crippen LogP contribution in [-0.2, 0) is 6.18 Å². The third kappa shape index (κ3) is 4.90. The predicted octanol–water partition coefficient (Wildman–Crippen LogP) is 5.39. The van der Waals surface area contributed by atoms with Gasteiger partial charge in [0.15, 0.2) is 17.0 Å². The summed E-state index contributed by atoms with van der Waals surface area (Å²) in [5.41, 5.74) is 2.60. The second-order valence-electron chi connectivity index (χ2n) is 9.30. The Balaban J connectivity index is 1.42. The van der Waals surface area contributed by atoms with Crippen molar-refractivity contribution in [1.82, 2.24) is 19.5 Å². The van der Waals surface area contributed by atoms with Gasteiger partial charge < -0.3 is 14.5 Å². The summed E-state index contributed by atoms with van der Waals surface area (Å²) in [6, 6.07) is 15.4. The second-order valence-corrected chi connectivity index (χ2v) is 9.30. The molecule has 1 amide bonds. The van der Waals surface area contributed by atoms with Crippen molar-refractivity contribution in [1.29, 1.82) is 0 Å². The highest BCUT2D eigenvalue weighted by atomic mass is 19.4. The predicted molar refractivity (Wildman–Crippen MR) is 139 cm³/mol. The van der Waals surface area contributed by atoms with Gasteiger partial charge in [0.05, 0.1) is 18.0 Å². The van der Waals surface area contributed by atoms with Gasteiger partial charge in [-0.15, -0.1) is 0 Å². The molecule has 10 heteroatoms. The Labute approximate surface area is 218 Å².